The Morgan fingerprint density at radius 1 is 1.20 bits per heavy atom. The maximum Gasteiger partial charge on any atom is 0.274 e. The average molecular weight is 442 g/mol. The van der Waals surface area contributed by atoms with Crippen LogP contribution in [0.25, 0.3) is 11.3 Å². The maximum absolute atomic E-state index is 13.1. The van der Waals surface area contributed by atoms with Crippen molar-refractivity contribution in [3.05, 3.63) is 70.9 Å². The lowest BCUT2D eigenvalue weighted by Crippen LogP contribution is -2.31. The van der Waals surface area contributed by atoms with Crippen LogP contribution in [0.4, 0.5) is 0 Å². The molecule has 1 N–H and O–H groups in total. The van der Waals surface area contributed by atoms with E-state index in [0.29, 0.717) is 28.6 Å². The number of nitrogens with zero attached hydrogens (tertiary/aromatic N) is 6. The third-order valence-corrected chi connectivity index (χ3v) is 5.48. The first-order valence-electron chi connectivity index (χ1n) is 9.36. The fourth-order valence-electron chi connectivity index (χ4n) is 3.13. The number of aryl methyl sites for hydroxylation is 1. The number of rotatable bonds is 7. The van der Waals surface area contributed by atoms with E-state index in [4.69, 9.17) is 11.6 Å². The zero-order valence-electron chi connectivity index (χ0n) is 16.5. The summed E-state index contributed by atoms with van der Waals surface area (Å²) in [6, 6.07) is 12.5. The predicted octanol–water partition coefficient (Wildman–Crippen LogP) is 3.50. The number of nitrogens with one attached hydrogen (secondary N) is 1. The third-order valence-electron chi connectivity index (χ3n) is 4.60. The summed E-state index contributed by atoms with van der Waals surface area (Å²) in [6.07, 6.45) is 4.63. The molecule has 10 heteroatoms. The van der Waals surface area contributed by atoms with Crippen molar-refractivity contribution in [2.45, 2.75) is 19.4 Å². The number of fused-ring (bicyclic) bond motifs is 1. The predicted molar refractivity (Wildman–Crippen MR) is 117 cm³/mol. The van der Waals surface area contributed by atoms with E-state index in [9.17, 15) is 4.79 Å². The van der Waals surface area contributed by atoms with Crippen LogP contribution in [0.3, 0.4) is 0 Å². The molecule has 1 unspecified atom stereocenters. The average Bonchev–Trinajstić information content (AvgIpc) is 3.35. The Hall–Kier alpha value is -2.91. The Balaban J connectivity index is 1.61. The van der Waals surface area contributed by atoms with Crippen LogP contribution in [0.2, 0.25) is 5.02 Å². The standard InChI is InChI=1S/C20H20ClN7OS/c1-13-18(26-28(25-13)15-7-5-6-14(21)12-15)20(29)22-16(9-11-30-2)19-24-23-17-8-3-4-10-27(17)19/h3-8,10,12,16H,9,11H2,1-2H3,(H,22,29). The van der Waals surface area contributed by atoms with Gasteiger partial charge in [-0.05, 0) is 55.7 Å². The first kappa shape index (κ1) is 20.4. The summed E-state index contributed by atoms with van der Waals surface area (Å²) in [7, 11) is 0. The van der Waals surface area contributed by atoms with Crippen molar-refractivity contribution < 1.29 is 4.79 Å². The zero-order valence-corrected chi connectivity index (χ0v) is 18.1. The highest BCUT2D eigenvalue weighted by atomic mass is 35.5. The number of hydrogen-bond donors (Lipinski definition) is 1. The minimum Gasteiger partial charge on any atom is -0.341 e. The molecule has 4 aromatic rings. The van der Waals surface area contributed by atoms with Crippen molar-refractivity contribution in [1.29, 1.82) is 0 Å². The van der Waals surface area contributed by atoms with Gasteiger partial charge in [-0.3, -0.25) is 9.20 Å². The van der Waals surface area contributed by atoms with E-state index >= 15 is 0 Å². The van der Waals surface area contributed by atoms with Crippen LogP contribution in [0.1, 0.15) is 34.5 Å². The summed E-state index contributed by atoms with van der Waals surface area (Å²) in [4.78, 5) is 14.5. The normalized spacial score (nSPS) is 12.2. The molecule has 0 fully saturated rings. The molecule has 0 aliphatic carbocycles. The van der Waals surface area contributed by atoms with E-state index in [0.717, 1.165) is 11.4 Å². The van der Waals surface area contributed by atoms with Gasteiger partial charge in [0, 0.05) is 11.2 Å². The van der Waals surface area contributed by atoms with Gasteiger partial charge in [0.1, 0.15) is 0 Å². The van der Waals surface area contributed by atoms with Gasteiger partial charge in [0.25, 0.3) is 5.91 Å². The number of thioether (sulfide) groups is 1. The van der Waals surface area contributed by atoms with E-state index in [2.05, 4.69) is 25.7 Å². The molecule has 0 aliphatic heterocycles. The molecule has 154 valence electrons. The largest absolute Gasteiger partial charge is 0.341 e. The highest BCUT2D eigenvalue weighted by molar-refractivity contribution is 7.98. The fraction of sp³-hybridized carbons (Fsp3) is 0.250. The van der Waals surface area contributed by atoms with E-state index in [1.807, 2.05) is 47.2 Å². The van der Waals surface area contributed by atoms with E-state index < -0.39 is 0 Å². The first-order valence-corrected chi connectivity index (χ1v) is 11.1. The molecule has 0 aliphatic rings. The van der Waals surface area contributed by atoms with Crippen molar-refractivity contribution in [3.63, 3.8) is 0 Å². The molecular formula is C20H20ClN7OS. The van der Waals surface area contributed by atoms with Crippen molar-refractivity contribution in [2.24, 2.45) is 0 Å². The molecule has 0 saturated heterocycles. The van der Waals surface area contributed by atoms with Crippen LogP contribution in [-0.4, -0.2) is 47.5 Å². The number of pyridine rings is 1. The summed E-state index contributed by atoms with van der Waals surface area (Å²) < 4.78 is 1.89. The van der Waals surface area contributed by atoms with Gasteiger partial charge < -0.3 is 5.32 Å². The molecule has 4 rings (SSSR count). The summed E-state index contributed by atoms with van der Waals surface area (Å²) >= 11 is 7.77. The number of benzene rings is 1. The second kappa shape index (κ2) is 8.85. The highest BCUT2D eigenvalue weighted by Crippen LogP contribution is 2.20. The SMILES string of the molecule is CSCCC(NC(=O)c1nn(-c2cccc(Cl)c2)nc1C)c1nnc2ccccn12. The summed E-state index contributed by atoms with van der Waals surface area (Å²) in [5.74, 6) is 1.24. The van der Waals surface area contributed by atoms with Gasteiger partial charge in [0.15, 0.2) is 17.2 Å². The smallest absolute Gasteiger partial charge is 0.274 e. The lowest BCUT2D eigenvalue weighted by molar-refractivity contribution is 0.0927. The summed E-state index contributed by atoms with van der Waals surface area (Å²) in [5, 5.41) is 20.9. The van der Waals surface area contributed by atoms with Gasteiger partial charge in [-0.2, -0.15) is 21.7 Å². The van der Waals surface area contributed by atoms with Crippen LogP contribution in [0, 0.1) is 6.92 Å². The summed E-state index contributed by atoms with van der Waals surface area (Å²) in [5.41, 5.74) is 2.21. The molecule has 0 radical (unpaired) electrons. The molecule has 3 heterocycles. The first-order chi connectivity index (χ1) is 14.6. The topological polar surface area (TPSA) is 90.0 Å². The van der Waals surface area contributed by atoms with Crippen molar-refractivity contribution in [2.75, 3.05) is 12.0 Å². The quantitative estimate of drug-likeness (QED) is 0.472. The molecule has 0 saturated carbocycles. The Bertz CT molecular complexity index is 1190. The third kappa shape index (κ3) is 4.17. The van der Waals surface area contributed by atoms with E-state index in [-0.39, 0.29) is 17.6 Å². The Labute approximate surface area is 182 Å². The monoisotopic (exact) mass is 441 g/mol. The molecule has 3 aromatic heterocycles. The van der Waals surface area contributed by atoms with E-state index in [1.165, 1.54) is 4.80 Å². The van der Waals surface area contributed by atoms with Crippen molar-refractivity contribution in [1.82, 2.24) is 34.9 Å². The molecule has 0 spiro atoms. The lowest BCUT2D eigenvalue weighted by atomic mass is 10.2. The highest BCUT2D eigenvalue weighted by Gasteiger charge is 2.24. The number of halogens is 1. The maximum atomic E-state index is 13.1. The number of hydrogen-bond acceptors (Lipinski definition) is 6. The molecule has 0 bridgehead atoms. The fourth-order valence-corrected chi connectivity index (χ4v) is 3.79. The molecule has 1 amide bonds. The molecule has 8 nitrogen and oxygen atoms in total. The van der Waals surface area contributed by atoms with Crippen LogP contribution in [0.5, 0.6) is 0 Å². The Kier molecular flexibility index (Phi) is 6.01. The lowest BCUT2D eigenvalue weighted by Gasteiger charge is -2.16. The van der Waals surface area contributed by atoms with Crippen LogP contribution in [-0.2, 0) is 0 Å². The zero-order chi connectivity index (χ0) is 21.1. The molecular weight excluding hydrogens is 422 g/mol. The van der Waals surface area contributed by atoms with Gasteiger partial charge in [0.05, 0.1) is 17.4 Å². The van der Waals surface area contributed by atoms with Crippen LogP contribution >= 0.6 is 23.4 Å². The molecule has 30 heavy (non-hydrogen) atoms. The van der Waals surface area contributed by atoms with E-state index in [1.54, 1.807) is 30.8 Å². The van der Waals surface area contributed by atoms with Gasteiger partial charge in [-0.15, -0.1) is 15.3 Å². The Morgan fingerprint density at radius 3 is 2.87 bits per heavy atom. The second-order valence-corrected chi connectivity index (χ2v) is 8.12. The van der Waals surface area contributed by atoms with Gasteiger partial charge in [-0.1, -0.05) is 23.7 Å². The number of carbonyl (C=O) groups excluding carboxylic acids is 1. The molecule has 1 aromatic carbocycles. The van der Waals surface area contributed by atoms with Crippen molar-refractivity contribution in [3.8, 4) is 5.69 Å². The molecule has 1 atom stereocenters. The second-order valence-electron chi connectivity index (χ2n) is 6.70. The van der Waals surface area contributed by atoms with Crippen molar-refractivity contribution >= 4 is 34.9 Å². The number of carbonyl (C=O) groups is 1. The summed E-state index contributed by atoms with van der Waals surface area (Å²) in [6.45, 7) is 1.76. The number of aromatic nitrogens is 6. The van der Waals surface area contributed by atoms with Gasteiger partial charge >= 0.3 is 0 Å². The number of amides is 1. The Morgan fingerprint density at radius 2 is 2.07 bits per heavy atom. The van der Waals surface area contributed by atoms with Crippen LogP contribution in [0.15, 0.2) is 48.7 Å². The minimum absolute atomic E-state index is 0.262. The van der Waals surface area contributed by atoms with Gasteiger partial charge in [0.2, 0.25) is 0 Å². The van der Waals surface area contributed by atoms with Gasteiger partial charge in [-0.25, -0.2) is 0 Å². The minimum atomic E-state index is -0.307. The van der Waals surface area contributed by atoms with Crippen LogP contribution < -0.4 is 5.32 Å².